The summed E-state index contributed by atoms with van der Waals surface area (Å²) in [4.78, 5) is 10.7. The average Bonchev–Trinajstić information content (AvgIpc) is 3.27. The molecule has 1 aliphatic rings. The number of benzene rings is 1. The summed E-state index contributed by atoms with van der Waals surface area (Å²) < 4.78 is 0. The Morgan fingerprint density at radius 2 is 2.04 bits per heavy atom. The fourth-order valence-corrected chi connectivity index (χ4v) is 3.81. The second kappa shape index (κ2) is 7.02. The number of nitrogens with zero attached hydrogens (tertiary/aromatic N) is 4. The largest absolute Gasteiger partial charge is 0.510 e. The van der Waals surface area contributed by atoms with Crippen molar-refractivity contribution in [3.63, 3.8) is 0 Å². The standard InChI is InChI=1S/C20H15N5OS/c21-9-13-4-6-14(7-5-13)16-12-27-20(24-16)18-17(26)11-25(19(18)22)10-15-3-1-2-8-23-15/h1-8,12,22,26H,10-11H2. The number of aliphatic hydroxyl groups excluding tert-OH is 1. The minimum atomic E-state index is 0.150. The Kier molecular flexibility index (Phi) is 4.40. The molecule has 1 aromatic carbocycles. The number of nitrogens with one attached hydrogen (secondary N) is 1. The molecule has 0 fully saturated rings. The highest BCUT2D eigenvalue weighted by molar-refractivity contribution is 7.11. The highest BCUT2D eigenvalue weighted by atomic mass is 32.1. The molecule has 27 heavy (non-hydrogen) atoms. The predicted molar refractivity (Wildman–Crippen MR) is 104 cm³/mol. The van der Waals surface area contributed by atoms with Crippen LogP contribution < -0.4 is 0 Å². The Morgan fingerprint density at radius 3 is 2.74 bits per heavy atom. The van der Waals surface area contributed by atoms with Crippen molar-refractivity contribution >= 4 is 22.7 Å². The van der Waals surface area contributed by atoms with Gasteiger partial charge in [-0.3, -0.25) is 10.4 Å². The number of thiazole rings is 1. The number of rotatable bonds is 4. The second-order valence-electron chi connectivity index (χ2n) is 6.07. The van der Waals surface area contributed by atoms with Crippen LogP contribution in [-0.2, 0) is 6.54 Å². The van der Waals surface area contributed by atoms with Crippen molar-refractivity contribution in [1.82, 2.24) is 14.9 Å². The van der Waals surface area contributed by atoms with Crippen LogP contribution in [0.4, 0.5) is 0 Å². The summed E-state index contributed by atoms with van der Waals surface area (Å²) in [5.41, 5.74) is 3.56. The molecule has 0 aliphatic carbocycles. The molecule has 0 saturated heterocycles. The summed E-state index contributed by atoms with van der Waals surface area (Å²) in [7, 11) is 0. The van der Waals surface area contributed by atoms with Crippen LogP contribution in [-0.4, -0.2) is 32.4 Å². The second-order valence-corrected chi connectivity index (χ2v) is 6.93. The van der Waals surface area contributed by atoms with Crippen molar-refractivity contribution in [1.29, 1.82) is 10.7 Å². The number of aromatic nitrogens is 2. The number of hydrogen-bond donors (Lipinski definition) is 2. The van der Waals surface area contributed by atoms with Crippen molar-refractivity contribution in [2.45, 2.75) is 6.54 Å². The van der Waals surface area contributed by atoms with Gasteiger partial charge in [-0.2, -0.15) is 5.26 Å². The van der Waals surface area contributed by atoms with Gasteiger partial charge >= 0.3 is 0 Å². The minimum absolute atomic E-state index is 0.150. The minimum Gasteiger partial charge on any atom is -0.510 e. The van der Waals surface area contributed by atoms with Crippen LogP contribution in [0.1, 0.15) is 16.3 Å². The van der Waals surface area contributed by atoms with E-state index in [1.165, 1.54) is 11.3 Å². The van der Waals surface area contributed by atoms with Crippen molar-refractivity contribution in [2.24, 2.45) is 0 Å². The van der Waals surface area contributed by atoms with Gasteiger partial charge in [-0.15, -0.1) is 11.3 Å². The molecule has 0 radical (unpaired) electrons. The molecule has 0 bridgehead atoms. The third-order valence-corrected chi connectivity index (χ3v) is 5.15. The smallest absolute Gasteiger partial charge is 0.135 e. The molecule has 2 N–H and O–H groups in total. The zero-order valence-corrected chi connectivity index (χ0v) is 15.1. The molecule has 0 atom stereocenters. The molecule has 0 spiro atoms. The van der Waals surface area contributed by atoms with Crippen molar-refractivity contribution in [3.8, 4) is 17.3 Å². The number of amidine groups is 1. The van der Waals surface area contributed by atoms with Crippen molar-refractivity contribution < 1.29 is 5.11 Å². The van der Waals surface area contributed by atoms with E-state index in [2.05, 4.69) is 16.0 Å². The lowest BCUT2D eigenvalue weighted by Crippen LogP contribution is -2.26. The first-order chi connectivity index (χ1) is 13.2. The van der Waals surface area contributed by atoms with Crippen LogP contribution in [0, 0.1) is 16.7 Å². The van der Waals surface area contributed by atoms with E-state index in [1.54, 1.807) is 23.2 Å². The summed E-state index contributed by atoms with van der Waals surface area (Å²) in [5, 5.41) is 30.3. The fraction of sp³-hybridized carbons (Fsp3) is 0.100. The van der Waals surface area contributed by atoms with Gasteiger partial charge in [0.25, 0.3) is 0 Å². The molecule has 0 unspecified atom stereocenters. The van der Waals surface area contributed by atoms with Crippen molar-refractivity contribution in [2.75, 3.05) is 6.54 Å². The molecule has 3 aromatic rings. The highest BCUT2D eigenvalue weighted by Crippen LogP contribution is 2.32. The van der Waals surface area contributed by atoms with Gasteiger partial charge in [0, 0.05) is 17.1 Å². The molecule has 0 amide bonds. The van der Waals surface area contributed by atoms with E-state index < -0.39 is 0 Å². The maximum absolute atomic E-state index is 10.4. The number of nitriles is 1. The lowest BCUT2D eigenvalue weighted by Gasteiger charge is -2.17. The molecule has 3 heterocycles. The molecular weight excluding hydrogens is 358 g/mol. The third kappa shape index (κ3) is 3.30. The van der Waals surface area contributed by atoms with Gasteiger partial charge in [0.05, 0.1) is 41.7 Å². The number of pyridine rings is 1. The Labute approximate surface area is 160 Å². The van der Waals surface area contributed by atoms with Crippen LogP contribution >= 0.6 is 11.3 Å². The van der Waals surface area contributed by atoms with Gasteiger partial charge in [0.15, 0.2) is 0 Å². The van der Waals surface area contributed by atoms with E-state index in [9.17, 15) is 5.11 Å². The Hall–Kier alpha value is -3.50. The zero-order chi connectivity index (χ0) is 18.8. The Bertz CT molecular complexity index is 1060. The maximum Gasteiger partial charge on any atom is 0.135 e. The van der Waals surface area contributed by atoms with Gasteiger partial charge in [-0.05, 0) is 24.3 Å². The monoisotopic (exact) mass is 373 g/mol. The molecule has 2 aromatic heterocycles. The van der Waals surface area contributed by atoms with Crippen LogP contribution in [0.2, 0.25) is 0 Å². The molecule has 6 nitrogen and oxygen atoms in total. The first-order valence-electron chi connectivity index (χ1n) is 8.28. The first-order valence-corrected chi connectivity index (χ1v) is 9.16. The summed E-state index contributed by atoms with van der Waals surface area (Å²) >= 11 is 1.39. The van der Waals surface area contributed by atoms with Crippen molar-refractivity contribution in [3.05, 3.63) is 76.1 Å². The van der Waals surface area contributed by atoms with Crippen LogP contribution in [0.5, 0.6) is 0 Å². The Morgan fingerprint density at radius 1 is 1.22 bits per heavy atom. The molecule has 0 saturated carbocycles. The van der Waals surface area contributed by atoms with Gasteiger partial charge in [-0.1, -0.05) is 18.2 Å². The van der Waals surface area contributed by atoms with E-state index in [1.807, 2.05) is 35.7 Å². The topological polar surface area (TPSA) is 96.9 Å². The van der Waals surface area contributed by atoms with E-state index in [0.29, 0.717) is 22.7 Å². The number of hydrogen-bond acceptors (Lipinski definition) is 6. The summed E-state index contributed by atoms with van der Waals surface area (Å²) in [5.74, 6) is 0.399. The molecule has 1 aliphatic heterocycles. The van der Waals surface area contributed by atoms with Gasteiger partial charge in [0.1, 0.15) is 16.6 Å². The van der Waals surface area contributed by atoms with E-state index in [4.69, 9.17) is 10.7 Å². The summed E-state index contributed by atoms with van der Waals surface area (Å²) in [6.45, 7) is 0.734. The van der Waals surface area contributed by atoms with E-state index in [0.717, 1.165) is 17.0 Å². The first kappa shape index (κ1) is 16.9. The highest BCUT2D eigenvalue weighted by Gasteiger charge is 2.30. The quantitative estimate of drug-likeness (QED) is 0.724. The van der Waals surface area contributed by atoms with Gasteiger partial charge in [0.2, 0.25) is 0 Å². The van der Waals surface area contributed by atoms with Crippen LogP contribution in [0.3, 0.4) is 0 Å². The molecule has 4 rings (SSSR count). The lowest BCUT2D eigenvalue weighted by molar-refractivity contribution is 0.345. The zero-order valence-electron chi connectivity index (χ0n) is 14.3. The Balaban J connectivity index is 1.56. The summed E-state index contributed by atoms with van der Waals surface area (Å²) in [6.07, 6.45) is 1.72. The average molecular weight is 373 g/mol. The molecular formula is C20H15N5OS. The molecule has 132 valence electrons. The van der Waals surface area contributed by atoms with E-state index in [-0.39, 0.29) is 18.1 Å². The predicted octanol–water partition coefficient (Wildman–Crippen LogP) is 3.84. The van der Waals surface area contributed by atoms with Crippen LogP contribution in [0.25, 0.3) is 16.8 Å². The fourth-order valence-electron chi connectivity index (χ4n) is 2.92. The summed E-state index contributed by atoms with van der Waals surface area (Å²) in [6, 6.07) is 14.9. The van der Waals surface area contributed by atoms with Gasteiger partial charge < -0.3 is 10.0 Å². The third-order valence-electron chi connectivity index (χ3n) is 4.29. The van der Waals surface area contributed by atoms with Crippen LogP contribution in [0.15, 0.2) is 59.8 Å². The lowest BCUT2D eigenvalue weighted by atomic mass is 10.1. The maximum atomic E-state index is 10.4. The normalized spacial score (nSPS) is 13.9. The van der Waals surface area contributed by atoms with E-state index >= 15 is 0 Å². The SMILES string of the molecule is N#Cc1ccc(-c2csc(C3=C(O)CN(Cc4ccccn4)C3=N)n2)cc1. The number of aliphatic hydroxyl groups is 1. The molecule has 7 heteroatoms. The van der Waals surface area contributed by atoms with Gasteiger partial charge in [-0.25, -0.2) is 4.98 Å².